The molecule has 1 N–H and O–H groups in total. The van der Waals surface area contributed by atoms with Crippen LogP contribution in [0.1, 0.15) is 31.9 Å². The van der Waals surface area contributed by atoms with E-state index >= 15 is 0 Å². The maximum Gasteiger partial charge on any atom is 0.0541 e. The fraction of sp³-hybridized carbons (Fsp3) is 0.615. The molecule has 0 aliphatic carbocycles. The van der Waals surface area contributed by atoms with Crippen molar-refractivity contribution in [1.29, 1.82) is 0 Å². The third-order valence-corrected chi connectivity index (χ3v) is 3.42. The van der Waals surface area contributed by atoms with Crippen molar-refractivity contribution in [3.05, 3.63) is 30.1 Å². The first kappa shape index (κ1) is 13.5. The van der Waals surface area contributed by atoms with Crippen LogP contribution >= 0.6 is 11.8 Å². The van der Waals surface area contributed by atoms with Gasteiger partial charge in [-0.15, -0.1) is 0 Å². The molecule has 0 aliphatic heterocycles. The fourth-order valence-electron chi connectivity index (χ4n) is 1.42. The minimum atomic E-state index is 0.885. The quantitative estimate of drug-likeness (QED) is 0.669. The van der Waals surface area contributed by atoms with E-state index in [9.17, 15) is 0 Å². The fourth-order valence-corrected chi connectivity index (χ4v) is 2.32. The van der Waals surface area contributed by atoms with Crippen LogP contribution in [0, 0.1) is 0 Å². The van der Waals surface area contributed by atoms with Gasteiger partial charge in [-0.2, -0.15) is 11.8 Å². The number of hydrogen-bond donors (Lipinski definition) is 1. The molecule has 3 heteroatoms. The Hall–Kier alpha value is -0.540. The third kappa shape index (κ3) is 6.85. The van der Waals surface area contributed by atoms with Crippen LogP contribution in [-0.4, -0.2) is 23.0 Å². The number of thioether (sulfide) groups is 1. The number of unbranched alkanes of at least 4 members (excludes halogenated alkanes) is 2. The summed E-state index contributed by atoms with van der Waals surface area (Å²) in [5.74, 6) is 2.51. The number of pyridine rings is 1. The summed E-state index contributed by atoms with van der Waals surface area (Å²) in [6.45, 7) is 4.21. The van der Waals surface area contributed by atoms with Crippen molar-refractivity contribution in [2.75, 3.05) is 18.1 Å². The summed E-state index contributed by atoms with van der Waals surface area (Å²) >= 11 is 2.05. The van der Waals surface area contributed by atoms with E-state index in [-0.39, 0.29) is 0 Å². The van der Waals surface area contributed by atoms with Crippen molar-refractivity contribution in [1.82, 2.24) is 10.3 Å². The first-order chi connectivity index (χ1) is 7.93. The molecule has 0 radical (unpaired) electrons. The van der Waals surface area contributed by atoms with E-state index in [1.54, 1.807) is 0 Å². The Kier molecular flexibility index (Phi) is 8.17. The van der Waals surface area contributed by atoms with Crippen LogP contribution in [0.3, 0.4) is 0 Å². The topological polar surface area (TPSA) is 24.9 Å². The highest BCUT2D eigenvalue weighted by Crippen LogP contribution is 2.04. The molecule has 0 saturated carbocycles. The van der Waals surface area contributed by atoms with Crippen LogP contribution < -0.4 is 5.32 Å². The van der Waals surface area contributed by atoms with Crippen LogP contribution in [0.4, 0.5) is 0 Å². The van der Waals surface area contributed by atoms with Gasteiger partial charge in [0.15, 0.2) is 0 Å². The summed E-state index contributed by atoms with van der Waals surface area (Å²) in [6, 6.07) is 6.04. The molecule has 0 bridgehead atoms. The lowest BCUT2D eigenvalue weighted by atomic mass is 10.3. The Morgan fingerprint density at radius 3 is 2.94 bits per heavy atom. The van der Waals surface area contributed by atoms with Crippen molar-refractivity contribution in [3.8, 4) is 0 Å². The van der Waals surface area contributed by atoms with E-state index in [1.165, 1.54) is 30.8 Å². The van der Waals surface area contributed by atoms with Gasteiger partial charge in [-0.25, -0.2) is 0 Å². The number of nitrogens with zero attached hydrogens (tertiary/aromatic N) is 1. The van der Waals surface area contributed by atoms with Gasteiger partial charge in [-0.3, -0.25) is 4.98 Å². The van der Waals surface area contributed by atoms with Gasteiger partial charge in [-0.05, 0) is 24.3 Å². The van der Waals surface area contributed by atoms with Crippen molar-refractivity contribution < 1.29 is 0 Å². The molecular formula is C13H22N2S. The summed E-state index contributed by atoms with van der Waals surface area (Å²) in [5, 5.41) is 3.41. The highest BCUT2D eigenvalue weighted by Gasteiger charge is 1.92. The molecule has 1 heterocycles. The van der Waals surface area contributed by atoms with Crippen molar-refractivity contribution in [2.24, 2.45) is 0 Å². The second-order valence-electron chi connectivity index (χ2n) is 3.82. The van der Waals surface area contributed by atoms with Gasteiger partial charge in [-0.1, -0.05) is 25.8 Å². The highest BCUT2D eigenvalue weighted by molar-refractivity contribution is 7.99. The molecule has 0 aromatic carbocycles. The number of rotatable bonds is 9. The second kappa shape index (κ2) is 9.67. The van der Waals surface area contributed by atoms with Crippen LogP contribution in [0.15, 0.2) is 24.4 Å². The lowest BCUT2D eigenvalue weighted by Crippen LogP contribution is -2.17. The van der Waals surface area contributed by atoms with Gasteiger partial charge in [0, 0.05) is 25.0 Å². The van der Waals surface area contributed by atoms with E-state index in [0.29, 0.717) is 0 Å². The van der Waals surface area contributed by atoms with Crippen molar-refractivity contribution in [3.63, 3.8) is 0 Å². The van der Waals surface area contributed by atoms with E-state index in [0.717, 1.165) is 18.8 Å². The predicted octanol–water partition coefficient (Wildman–Crippen LogP) is 3.09. The first-order valence-corrected chi connectivity index (χ1v) is 7.27. The molecule has 1 aromatic heterocycles. The third-order valence-electron chi connectivity index (χ3n) is 2.35. The lowest BCUT2D eigenvalue weighted by molar-refractivity contribution is 0.714. The maximum atomic E-state index is 4.27. The summed E-state index contributed by atoms with van der Waals surface area (Å²) in [5.41, 5.74) is 1.12. The van der Waals surface area contributed by atoms with E-state index in [1.807, 2.05) is 30.1 Å². The van der Waals surface area contributed by atoms with Crippen molar-refractivity contribution >= 4 is 11.8 Å². The molecular weight excluding hydrogens is 216 g/mol. The molecule has 1 rings (SSSR count). The average Bonchev–Trinajstić information content (AvgIpc) is 2.34. The zero-order valence-corrected chi connectivity index (χ0v) is 10.9. The molecule has 0 spiro atoms. The van der Waals surface area contributed by atoms with E-state index in [2.05, 4.69) is 23.3 Å². The Morgan fingerprint density at radius 1 is 1.25 bits per heavy atom. The molecule has 16 heavy (non-hydrogen) atoms. The lowest BCUT2D eigenvalue weighted by Gasteiger charge is -2.04. The van der Waals surface area contributed by atoms with E-state index in [4.69, 9.17) is 0 Å². The van der Waals surface area contributed by atoms with Crippen LogP contribution in [-0.2, 0) is 6.54 Å². The molecule has 2 nitrogen and oxygen atoms in total. The molecule has 90 valence electrons. The summed E-state index contributed by atoms with van der Waals surface area (Å²) in [4.78, 5) is 4.27. The zero-order valence-electron chi connectivity index (χ0n) is 10.1. The summed E-state index contributed by atoms with van der Waals surface area (Å²) in [6.07, 6.45) is 5.89. The average molecular weight is 238 g/mol. The van der Waals surface area contributed by atoms with Crippen LogP contribution in [0.5, 0.6) is 0 Å². The Balaban J connectivity index is 1.89. The molecule has 0 atom stereocenters. The number of aromatic nitrogens is 1. The molecule has 0 saturated heterocycles. The smallest absolute Gasteiger partial charge is 0.0541 e. The summed E-state index contributed by atoms with van der Waals surface area (Å²) in [7, 11) is 0. The number of hydrogen-bond acceptors (Lipinski definition) is 3. The molecule has 0 aliphatic rings. The van der Waals surface area contributed by atoms with Gasteiger partial charge < -0.3 is 5.32 Å². The van der Waals surface area contributed by atoms with Gasteiger partial charge in [0.25, 0.3) is 0 Å². The SMILES string of the molecule is CCCCCSCCNCc1ccccn1. The first-order valence-electron chi connectivity index (χ1n) is 6.12. The Bertz CT molecular complexity index is 251. The Labute approximate surface area is 103 Å². The van der Waals surface area contributed by atoms with Crippen LogP contribution in [0.2, 0.25) is 0 Å². The zero-order chi connectivity index (χ0) is 11.5. The second-order valence-corrected chi connectivity index (χ2v) is 5.04. The maximum absolute atomic E-state index is 4.27. The van der Waals surface area contributed by atoms with Gasteiger partial charge in [0.2, 0.25) is 0 Å². The molecule has 0 fully saturated rings. The predicted molar refractivity (Wildman–Crippen MR) is 72.8 cm³/mol. The van der Waals surface area contributed by atoms with Crippen LogP contribution in [0.25, 0.3) is 0 Å². The normalized spacial score (nSPS) is 10.6. The van der Waals surface area contributed by atoms with Gasteiger partial charge >= 0.3 is 0 Å². The molecule has 0 unspecified atom stereocenters. The standard InChI is InChI=1S/C13H22N2S/c1-2-3-6-10-16-11-9-14-12-13-7-4-5-8-15-13/h4-5,7-8,14H,2-3,6,9-12H2,1H3. The molecule has 0 amide bonds. The minimum absolute atomic E-state index is 0.885. The van der Waals surface area contributed by atoms with E-state index < -0.39 is 0 Å². The minimum Gasteiger partial charge on any atom is -0.310 e. The molecule has 1 aromatic rings. The van der Waals surface area contributed by atoms with Gasteiger partial charge in [0.05, 0.1) is 5.69 Å². The monoisotopic (exact) mass is 238 g/mol. The van der Waals surface area contributed by atoms with Gasteiger partial charge in [0.1, 0.15) is 0 Å². The Morgan fingerprint density at radius 2 is 2.19 bits per heavy atom. The highest BCUT2D eigenvalue weighted by atomic mass is 32.2. The summed E-state index contributed by atoms with van der Waals surface area (Å²) < 4.78 is 0. The largest absolute Gasteiger partial charge is 0.310 e. The number of nitrogens with one attached hydrogen (secondary N) is 1. The van der Waals surface area contributed by atoms with Crippen molar-refractivity contribution in [2.45, 2.75) is 32.7 Å².